The van der Waals surface area contributed by atoms with Gasteiger partial charge in [0.05, 0.1) is 16.1 Å². The standard InChI is InChI=1S/C21H20BrN7O7S2/c1-21(2,19(34)35)36-26-11(14-25-20(23)38-27-14)15(30)24-12-16(31)29-13(18(32)33)9(8-37-17(12)29)6-28-5-3-4-10(22)7-28/h3-5,7,12,17H,6,8H2,1-2H3,(H4-,23,24,25,27,30,32,33,34,35)/b26-11-/t12-,17+/m1/s1. The van der Waals surface area contributed by atoms with Crippen molar-refractivity contribution in [2.75, 3.05) is 11.5 Å². The normalized spacial score (nSPS) is 19.5. The van der Waals surface area contributed by atoms with E-state index >= 15 is 0 Å². The Morgan fingerprint density at radius 3 is 2.79 bits per heavy atom. The zero-order chi connectivity index (χ0) is 27.8. The van der Waals surface area contributed by atoms with E-state index in [-0.39, 0.29) is 29.0 Å². The number of carbonyl (C=O) groups excluding carboxylic acids is 3. The summed E-state index contributed by atoms with van der Waals surface area (Å²) in [6, 6.07) is 2.51. The fourth-order valence-corrected chi connectivity index (χ4v) is 5.71. The van der Waals surface area contributed by atoms with E-state index in [4.69, 9.17) is 10.6 Å². The molecule has 0 saturated carbocycles. The molecule has 2 aromatic rings. The van der Waals surface area contributed by atoms with Crippen molar-refractivity contribution in [3.63, 3.8) is 0 Å². The molecule has 4 N–H and O–H groups in total. The summed E-state index contributed by atoms with van der Waals surface area (Å²) in [5.41, 5.74) is 3.55. The first-order chi connectivity index (χ1) is 17.9. The average Bonchev–Trinajstić information content (AvgIpc) is 3.27. The minimum atomic E-state index is -1.79. The fourth-order valence-electron chi connectivity index (χ4n) is 3.53. The molecule has 17 heteroatoms. The fraction of sp³-hybridized carbons (Fsp3) is 0.333. The number of aromatic nitrogens is 3. The Morgan fingerprint density at radius 1 is 1.45 bits per heavy atom. The lowest BCUT2D eigenvalue weighted by Gasteiger charge is -2.50. The first-order valence-electron chi connectivity index (χ1n) is 10.8. The van der Waals surface area contributed by atoms with Gasteiger partial charge in [-0.25, -0.2) is 4.79 Å². The number of carbonyl (C=O) groups is 4. The molecule has 0 aliphatic carbocycles. The van der Waals surface area contributed by atoms with Crippen LogP contribution in [0.3, 0.4) is 0 Å². The van der Waals surface area contributed by atoms with Gasteiger partial charge < -0.3 is 30.9 Å². The number of nitrogens with zero attached hydrogens (tertiary/aromatic N) is 5. The lowest BCUT2D eigenvalue weighted by atomic mass is 10.0. The van der Waals surface area contributed by atoms with Gasteiger partial charge in [-0.2, -0.15) is 13.9 Å². The summed E-state index contributed by atoms with van der Waals surface area (Å²) < 4.78 is 6.47. The number of nitrogens with one attached hydrogen (secondary N) is 1. The smallest absolute Gasteiger partial charge is 0.350 e. The number of β-lactam (4-membered cyclic amide) rings is 1. The predicted octanol–water partition coefficient (Wildman–Crippen LogP) is -1.14. The number of oxime groups is 1. The number of fused-ring (bicyclic) bond motifs is 1. The molecule has 0 bridgehead atoms. The Balaban J connectivity index is 1.55. The van der Waals surface area contributed by atoms with Gasteiger partial charge in [0, 0.05) is 28.9 Å². The molecule has 200 valence electrons. The van der Waals surface area contributed by atoms with E-state index in [9.17, 15) is 29.4 Å². The summed E-state index contributed by atoms with van der Waals surface area (Å²) in [7, 11) is 0. The molecule has 2 aliphatic heterocycles. The number of thioether (sulfide) groups is 1. The molecule has 0 unspecified atom stereocenters. The number of hydrogen-bond acceptors (Lipinski definition) is 12. The maximum atomic E-state index is 13.1. The highest BCUT2D eigenvalue weighted by molar-refractivity contribution is 9.10. The SMILES string of the molecule is CC(C)(O/N=C(\C(=O)N[C@@H]1C(=O)N2C(C(=O)[O-])=C(C[n+]3cccc(Br)c3)CS[C@@H]12)c1nsc(N)n1)C(=O)O. The topological polar surface area (TPSA) is 204 Å². The zero-order valence-corrected chi connectivity index (χ0v) is 23.0. The molecular formula is C21H20BrN7O7S2. The number of amides is 2. The van der Waals surface area contributed by atoms with E-state index in [2.05, 4.69) is 35.8 Å². The van der Waals surface area contributed by atoms with Crippen LogP contribution in [0.5, 0.6) is 0 Å². The lowest BCUT2D eigenvalue weighted by Crippen LogP contribution is -2.71. The van der Waals surface area contributed by atoms with Crippen LogP contribution < -0.4 is 20.7 Å². The molecule has 0 spiro atoms. The molecule has 2 aromatic heterocycles. The molecule has 2 aliphatic rings. The monoisotopic (exact) mass is 625 g/mol. The maximum Gasteiger partial charge on any atom is 0.350 e. The Bertz CT molecular complexity index is 1390. The Hall–Kier alpha value is -3.57. The van der Waals surface area contributed by atoms with Crippen LogP contribution in [0.15, 0.2) is 45.4 Å². The van der Waals surface area contributed by atoms with E-state index in [1.165, 1.54) is 25.6 Å². The summed E-state index contributed by atoms with van der Waals surface area (Å²) in [6.07, 6.45) is 3.53. The quantitative estimate of drug-likeness (QED) is 0.131. The van der Waals surface area contributed by atoms with E-state index in [0.717, 1.165) is 20.9 Å². The third kappa shape index (κ3) is 5.48. The number of halogens is 1. The number of carboxylic acid groups (broad SMARTS) is 2. The van der Waals surface area contributed by atoms with Crippen LogP contribution >= 0.6 is 39.2 Å². The van der Waals surface area contributed by atoms with Crippen LogP contribution in [0.2, 0.25) is 0 Å². The van der Waals surface area contributed by atoms with Gasteiger partial charge in [0.15, 0.2) is 24.1 Å². The highest BCUT2D eigenvalue weighted by Crippen LogP contribution is 2.40. The lowest BCUT2D eigenvalue weighted by molar-refractivity contribution is -0.689. The van der Waals surface area contributed by atoms with Crippen LogP contribution in [0.25, 0.3) is 0 Å². The second kappa shape index (κ2) is 10.7. The molecule has 1 fully saturated rings. The molecule has 4 rings (SSSR count). The molecule has 4 heterocycles. The third-order valence-corrected chi connectivity index (χ3v) is 7.82. The van der Waals surface area contributed by atoms with Crippen molar-refractivity contribution in [1.82, 2.24) is 19.6 Å². The van der Waals surface area contributed by atoms with Gasteiger partial charge in [-0.15, -0.1) is 11.8 Å². The van der Waals surface area contributed by atoms with Gasteiger partial charge in [-0.1, -0.05) is 5.16 Å². The molecule has 2 amide bonds. The number of rotatable bonds is 9. The molecule has 0 aromatic carbocycles. The second-order valence-corrected chi connectivity index (χ2v) is 11.4. The highest BCUT2D eigenvalue weighted by Gasteiger charge is 2.53. The maximum absolute atomic E-state index is 13.1. The molecule has 14 nitrogen and oxygen atoms in total. The summed E-state index contributed by atoms with van der Waals surface area (Å²) in [5, 5.41) is 26.7. The van der Waals surface area contributed by atoms with Gasteiger partial charge in [0.25, 0.3) is 11.8 Å². The van der Waals surface area contributed by atoms with Crippen molar-refractivity contribution >= 4 is 73.8 Å². The summed E-state index contributed by atoms with van der Waals surface area (Å²) in [5.74, 6) is -4.40. The van der Waals surface area contributed by atoms with Crippen LogP contribution in [0.4, 0.5) is 5.13 Å². The Kier molecular flexibility index (Phi) is 7.70. The summed E-state index contributed by atoms with van der Waals surface area (Å²) in [4.78, 5) is 59.5. The molecular weight excluding hydrogens is 606 g/mol. The minimum absolute atomic E-state index is 0.0197. The molecule has 2 atom stereocenters. The van der Waals surface area contributed by atoms with Gasteiger partial charge in [-0.05, 0) is 35.8 Å². The van der Waals surface area contributed by atoms with Crippen molar-refractivity contribution in [2.24, 2.45) is 5.16 Å². The summed E-state index contributed by atoms with van der Waals surface area (Å²) in [6.45, 7) is 2.66. The van der Waals surface area contributed by atoms with Crippen LogP contribution in [-0.4, -0.2) is 71.6 Å². The zero-order valence-electron chi connectivity index (χ0n) is 19.8. The van der Waals surface area contributed by atoms with Gasteiger partial charge in [0.2, 0.25) is 17.1 Å². The molecule has 38 heavy (non-hydrogen) atoms. The van der Waals surface area contributed by atoms with Crippen molar-refractivity contribution in [3.8, 4) is 0 Å². The van der Waals surface area contributed by atoms with Crippen molar-refractivity contribution in [3.05, 3.63) is 46.1 Å². The Labute approximate surface area is 231 Å². The van der Waals surface area contributed by atoms with E-state index < -0.39 is 46.5 Å². The second-order valence-electron chi connectivity index (χ2n) is 8.60. The number of anilines is 1. The van der Waals surface area contributed by atoms with Crippen LogP contribution in [0, 0.1) is 0 Å². The van der Waals surface area contributed by atoms with Gasteiger partial charge in [-0.3, -0.25) is 14.5 Å². The third-order valence-electron chi connectivity index (χ3n) is 5.47. The molecule has 1 saturated heterocycles. The average molecular weight is 626 g/mol. The van der Waals surface area contributed by atoms with E-state index in [0.29, 0.717) is 5.57 Å². The van der Waals surface area contributed by atoms with Gasteiger partial charge >= 0.3 is 5.97 Å². The first-order valence-corrected chi connectivity index (χ1v) is 13.4. The number of aliphatic carboxylic acids is 2. The van der Waals surface area contributed by atoms with Crippen molar-refractivity contribution in [1.29, 1.82) is 0 Å². The predicted molar refractivity (Wildman–Crippen MR) is 135 cm³/mol. The van der Waals surface area contributed by atoms with Crippen LogP contribution in [0.1, 0.15) is 19.7 Å². The van der Waals surface area contributed by atoms with Crippen molar-refractivity contribution < 1.29 is 38.8 Å². The number of pyridine rings is 1. The number of hydrogen-bond donors (Lipinski definition) is 3. The number of carboxylic acids is 2. The van der Waals surface area contributed by atoms with E-state index in [1.807, 2.05) is 6.07 Å². The largest absolute Gasteiger partial charge is 0.543 e. The number of nitrogens with two attached hydrogens (primary N) is 1. The molecule has 0 radical (unpaired) electrons. The Morgan fingerprint density at radius 2 is 2.18 bits per heavy atom. The first kappa shape index (κ1) is 27.5. The highest BCUT2D eigenvalue weighted by atomic mass is 79.9. The van der Waals surface area contributed by atoms with E-state index in [1.54, 1.807) is 23.0 Å². The van der Waals surface area contributed by atoms with Crippen molar-refractivity contribution in [2.45, 2.75) is 37.4 Å². The van der Waals surface area contributed by atoms with Gasteiger partial charge in [0.1, 0.15) is 11.4 Å². The number of nitrogen functional groups attached to an aromatic ring is 1. The summed E-state index contributed by atoms with van der Waals surface area (Å²) >= 11 is 5.41. The minimum Gasteiger partial charge on any atom is -0.543 e. The van der Waals surface area contributed by atoms with Crippen LogP contribution in [-0.2, 0) is 30.6 Å².